The molecule has 2 aromatic rings. The molecule has 0 N–H and O–H groups in total. The van der Waals surface area contributed by atoms with Gasteiger partial charge < -0.3 is 14.2 Å². The van der Waals surface area contributed by atoms with Crippen molar-refractivity contribution in [3.63, 3.8) is 0 Å². The fraction of sp³-hybridized carbons (Fsp3) is 0.552. The Hall–Kier alpha value is -1.79. The highest BCUT2D eigenvalue weighted by Crippen LogP contribution is 2.32. The minimum atomic E-state index is -0.0591. The van der Waals surface area contributed by atoms with Crippen LogP contribution in [0, 0.1) is 0 Å². The maximum atomic E-state index is 11.6. The summed E-state index contributed by atoms with van der Waals surface area (Å²) in [6.45, 7) is 4.25. The lowest BCUT2D eigenvalue weighted by molar-refractivity contribution is -0.140. The van der Waals surface area contributed by atoms with Crippen LogP contribution in [0.25, 0.3) is 11.1 Å². The van der Waals surface area contributed by atoms with E-state index in [-0.39, 0.29) is 5.97 Å². The number of unbranched alkanes of at least 4 members (excludes halogenated alkanes) is 6. The molecule has 1 atom stereocenters. The second-order valence-electron chi connectivity index (χ2n) is 8.91. The molecule has 0 spiro atoms. The van der Waals surface area contributed by atoms with Crippen LogP contribution in [0.15, 0.2) is 48.5 Å². The van der Waals surface area contributed by atoms with E-state index in [0.717, 1.165) is 67.8 Å². The van der Waals surface area contributed by atoms with Gasteiger partial charge in [0.1, 0.15) is 11.5 Å². The van der Waals surface area contributed by atoms with Crippen molar-refractivity contribution < 1.29 is 19.0 Å². The molecule has 0 bridgehead atoms. The Morgan fingerprint density at radius 2 is 1.31 bits per heavy atom. The highest BCUT2D eigenvalue weighted by atomic mass is 32.2. The number of hydrogen-bond donors (Lipinski definition) is 0. The molecule has 1 saturated heterocycles. The van der Waals surface area contributed by atoms with Crippen molar-refractivity contribution in [2.24, 2.45) is 0 Å². The fourth-order valence-corrected chi connectivity index (χ4v) is 5.41. The molecule has 1 unspecified atom stereocenters. The maximum absolute atomic E-state index is 11.6. The first-order chi connectivity index (χ1) is 17.2. The number of hydrogen-bond acceptors (Lipinski definition) is 6. The molecular formula is C29H40O4S2. The number of rotatable bonds is 19. The van der Waals surface area contributed by atoms with Crippen molar-refractivity contribution in [3.05, 3.63) is 48.5 Å². The lowest BCUT2D eigenvalue weighted by Gasteiger charge is -2.09. The predicted molar refractivity (Wildman–Crippen MR) is 150 cm³/mol. The molecule has 35 heavy (non-hydrogen) atoms. The zero-order valence-electron chi connectivity index (χ0n) is 21.0. The van der Waals surface area contributed by atoms with E-state index in [4.69, 9.17) is 14.2 Å². The molecule has 0 radical (unpaired) electrons. The molecule has 0 aliphatic carbocycles. The largest absolute Gasteiger partial charge is 0.494 e. The topological polar surface area (TPSA) is 44.8 Å². The van der Waals surface area contributed by atoms with Gasteiger partial charge in [0.15, 0.2) is 0 Å². The van der Waals surface area contributed by atoms with Crippen LogP contribution >= 0.6 is 23.5 Å². The van der Waals surface area contributed by atoms with E-state index in [0.29, 0.717) is 12.4 Å². The van der Waals surface area contributed by atoms with Gasteiger partial charge in [0.05, 0.1) is 25.6 Å². The van der Waals surface area contributed by atoms with E-state index in [1.807, 2.05) is 36.0 Å². The second kappa shape index (κ2) is 16.8. The van der Waals surface area contributed by atoms with E-state index >= 15 is 0 Å². The Balaban J connectivity index is 1.17. The average molecular weight is 517 g/mol. The summed E-state index contributed by atoms with van der Waals surface area (Å²) in [5.41, 5.74) is 2.36. The third kappa shape index (κ3) is 12.1. The van der Waals surface area contributed by atoms with Crippen LogP contribution in [0.3, 0.4) is 0 Å². The molecule has 4 nitrogen and oxygen atoms in total. The van der Waals surface area contributed by atoms with Gasteiger partial charge in [-0.25, -0.2) is 0 Å². The van der Waals surface area contributed by atoms with Crippen molar-refractivity contribution in [1.82, 2.24) is 0 Å². The minimum absolute atomic E-state index is 0.0591. The van der Waals surface area contributed by atoms with E-state index in [1.54, 1.807) is 11.8 Å². The Kier molecular flexibility index (Phi) is 13.3. The number of carbonyl (C=O) groups excluding carboxylic acids is 1. The third-order valence-electron chi connectivity index (χ3n) is 5.81. The summed E-state index contributed by atoms with van der Waals surface area (Å²) in [6, 6.07) is 16.6. The molecular weight excluding hydrogens is 476 g/mol. The zero-order chi connectivity index (χ0) is 24.6. The van der Waals surface area contributed by atoms with Gasteiger partial charge in [-0.3, -0.25) is 4.79 Å². The SMILES string of the molecule is CCCCOc1ccc(-c2ccc(OCCCCCCCCOC(=O)CSCC3CS3)cc2)cc1. The van der Waals surface area contributed by atoms with E-state index < -0.39 is 0 Å². The van der Waals surface area contributed by atoms with Crippen LogP contribution in [0.2, 0.25) is 0 Å². The predicted octanol–water partition coefficient (Wildman–Crippen LogP) is 7.64. The highest BCUT2D eigenvalue weighted by Gasteiger charge is 2.22. The molecule has 3 rings (SSSR count). The fourth-order valence-electron chi connectivity index (χ4n) is 3.59. The number of esters is 1. The smallest absolute Gasteiger partial charge is 0.315 e. The normalized spacial score (nSPS) is 14.5. The summed E-state index contributed by atoms with van der Waals surface area (Å²) in [6.07, 6.45) is 8.92. The number of ether oxygens (including phenoxy) is 3. The molecule has 192 valence electrons. The monoisotopic (exact) mass is 516 g/mol. The summed E-state index contributed by atoms with van der Waals surface area (Å²) in [5, 5.41) is 0.781. The summed E-state index contributed by atoms with van der Waals surface area (Å²) in [5.74, 6) is 4.63. The van der Waals surface area contributed by atoms with Gasteiger partial charge in [0.25, 0.3) is 0 Å². The van der Waals surface area contributed by atoms with Crippen molar-refractivity contribution in [2.45, 2.75) is 63.5 Å². The molecule has 1 fully saturated rings. The lowest BCUT2D eigenvalue weighted by atomic mass is 10.1. The second-order valence-corrected chi connectivity index (χ2v) is 11.3. The van der Waals surface area contributed by atoms with Gasteiger partial charge in [-0.1, -0.05) is 63.3 Å². The van der Waals surface area contributed by atoms with Crippen molar-refractivity contribution >= 4 is 29.5 Å². The van der Waals surface area contributed by atoms with Gasteiger partial charge in [-0.05, 0) is 54.7 Å². The Morgan fingerprint density at radius 3 is 1.86 bits per heavy atom. The maximum Gasteiger partial charge on any atom is 0.315 e. The summed E-state index contributed by atoms with van der Waals surface area (Å²) < 4.78 is 17.0. The quantitative estimate of drug-likeness (QED) is 0.109. The van der Waals surface area contributed by atoms with Crippen molar-refractivity contribution in [1.29, 1.82) is 0 Å². The molecule has 0 amide bonds. The van der Waals surface area contributed by atoms with Crippen molar-refractivity contribution in [2.75, 3.05) is 37.1 Å². The van der Waals surface area contributed by atoms with Crippen LogP contribution in [0.5, 0.6) is 11.5 Å². The van der Waals surface area contributed by atoms with E-state index in [2.05, 4.69) is 31.2 Å². The van der Waals surface area contributed by atoms with Crippen LogP contribution < -0.4 is 9.47 Å². The molecule has 0 saturated carbocycles. The number of carbonyl (C=O) groups is 1. The lowest BCUT2D eigenvalue weighted by Crippen LogP contribution is -2.09. The first-order valence-electron chi connectivity index (χ1n) is 13.1. The molecule has 6 heteroatoms. The third-order valence-corrected chi connectivity index (χ3v) is 8.07. The molecule has 1 aliphatic rings. The standard InChI is InChI=1S/C29H40O4S2/c1-2-3-18-31-26-14-10-24(11-15-26)25-12-16-27(17-13-25)32-19-8-6-4-5-7-9-20-33-29(30)23-34-21-28-22-35-28/h10-17,28H,2-9,18-23H2,1H3. The average Bonchev–Trinajstić information content (AvgIpc) is 3.71. The van der Waals surface area contributed by atoms with Gasteiger partial charge in [0.2, 0.25) is 0 Å². The molecule has 1 aliphatic heterocycles. The van der Waals surface area contributed by atoms with E-state index in [1.165, 1.54) is 36.1 Å². The molecule has 2 aromatic carbocycles. The summed E-state index contributed by atoms with van der Waals surface area (Å²) in [7, 11) is 0. The van der Waals surface area contributed by atoms with Crippen LogP contribution in [0.1, 0.15) is 58.3 Å². The van der Waals surface area contributed by atoms with E-state index in [9.17, 15) is 4.79 Å². The summed E-state index contributed by atoms with van der Waals surface area (Å²) >= 11 is 3.67. The first kappa shape index (κ1) is 27.8. The van der Waals surface area contributed by atoms with Gasteiger partial charge >= 0.3 is 5.97 Å². The van der Waals surface area contributed by atoms with Gasteiger partial charge in [-0.15, -0.1) is 11.8 Å². The van der Waals surface area contributed by atoms with Crippen LogP contribution in [0.4, 0.5) is 0 Å². The van der Waals surface area contributed by atoms with Crippen LogP contribution in [-0.2, 0) is 9.53 Å². The first-order valence-corrected chi connectivity index (χ1v) is 15.3. The molecule has 0 aromatic heterocycles. The zero-order valence-corrected chi connectivity index (χ0v) is 22.7. The van der Waals surface area contributed by atoms with Crippen molar-refractivity contribution in [3.8, 4) is 22.6 Å². The summed E-state index contributed by atoms with van der Waals surface area (Å²) in [4.78, 5) is 11.6. The van der Waals surface area contributed by atoms with Gasteiger partial charge in [0, 0.05) is 16.8 Å². The number of thioether (sulfide) groups is 2. The molecule has 1 heterocycles. The minimum Gasteiger partial charge on any atom is -0.494 e. The van der Waals surface area contributed by atoms with Crippen LogP contribution in [-0.4, -0.2) is 48.3 Å². The Bertz CT molecular complexity index is 835. The Labute approximate surface area is 219 Å². The van der Waals surface area contributed by atoms with Gasteiger partial charge in [-0.2, -0.15) is 11.8 Å². The Morgan fingerprint density at radius 1 is 0.800 bits per heavy atom. The number of benzene rings is 2. The highest BCUT2D eigenvalue weighted by molar-refractivity contribution is 8.08.